The number of aliphatic hydroxyl groups excluding tert-OH is 1. The smallest absolute Gasteiger partial charge is 0.0834 e. The fraction of sp³-hybridized carbons (Fsp3) is 1.00. The fourth-order valence-electron chi connectivity index (χ4n) is 1.97. The highest BCUT2D eigenvalue weighted by Gasteiger charge is 2.17. The Morgan fingerprint density at radius 1 is 1.31 bits per heavy atom. The first kappa shape index (κ1) is 11.0. The summed E-state index contributed by atoms with van der Waals surface area (Å²) in [7, 11) is 0. The normalized spacial score (nSPS) is 20.8. The summed E-state index contributed by atoms with van der Waals surface area (Å²) < 4.78 is 0. The van der Waals surface area contributed by atoms with E-state index in [4.69, 9.17) is 5.11 Å². The van der Waals surface area contributed by atoms with Gasteiger partial charge in [-0.3, -0.25) is 0 Å². The van der Waals surface area contributed by atoms with Crippen LogP contribution in [-0.4, -0.2) is 42.9 Å². The van der Waals surface area contributed by atoms with Gasteiger partial charge in [0.15, 0.2) is 0 Å². The Kier molecular flexibility index (Phi) is 5.35. The van der Waals surface area contributed by atoms with Crippen LogP contribution in [0.15, 0.2) is 0 Å². The molecule has 0 aromatic rings. The summed E-state index contributed by atoms with van der Waals surface area (Å²) >= 11 is 0. The Morgan fingerprint density at radius 2 is 2.00 bits per heavy atom. The Bertz CT molecular complexity index is 122. The van der Waals surface area contributed by atoms with Crippen LogP contribution in [0.5, 0.6) is 0 Å². The molecule has 3 nitrogen and oxygen atoms in total. The highest BCUT2D eigenvalue weighted by atomic mass is 16.3. The average molecular weight is 186 g/mol. The van der Waals surface area contributed by atoms with Gasteiger partial charge in [-0.1, -0.05) is 0 Å². The van der Waals surface area contributed by atoms with Crippen LogP contribution in [-0.2, 0) is 5.11 Å². The fourth-order valence-corrected chi connectivity index (χ4v) is 1.97. The van der Waals surface area contributed by atoms with Crippen LogP contribution in [0.3, 0.4) is 0 Å². The second-order valence-corrected chi connectivity index (χ2v) is 3.85. The van der Waals surface area contributed by atoms with Gasteiger partial charge in [0.1, 0.15) is 0 Å². The molecule has 1 aliphatic rings. The van der Waals surface area contributed by atoms with Crippen LogP contribution >= 0.6 is 0 Å². The predicted octanol–water partition coefficient (Wildman–Crippen LogP) is 0.901. The van der Waals surface area contributed by atoms with Crippen molar-refractivity contribution in [2.45, 2.75) is 25.7 Å². The minimum absolute atomic E-state index is 0.0522. The number of likely N-dealkylation sites (tertiary alicyclic amines) is 1. The van der Waals surface area contributed by atoms with Crippen LogP contribution in [0.25, 0.3) is 0 Å². The van der Waals surface area contributed by atoms with Gasteiger partial charge in [0.25, 0.3) is 0 Å². The molecular weight excluding hydrogens is 166 g/mol. The van der Waals surface area contributed by atoms with Gasteiger partial charge >= 0.3 is 0 Å². The Morgan fingerprint density at radius 3 is 2.54 bits per heavy atom. The minimum Gasteiger partial charge on any atom is -0.396 e. The van der Waals surface area contributed by atoms with E-state index in [0.29, 0.717) is 12.5 Å². The van der Waals surface area contributed by atoms with Crippen molar-refractivity contribution in [1.82, 2.24) is 4.90 Å². The third-order valence-electron chi connectivity index (χ3n) is 2.86. The highest BCUT2D eigenvalue weighted by Crippen LogP contribution is 2.19. The standard InChI is InChI=1S/C10H20NO2/c12-8-1-5-11-6-2-10(3-7-11)4-9-13/h10,13H,1-9H2. The van der Waals surface area contributed by atoms with Gasteiger partial charge in [0.05, 0.1) is 6.61 Å². The van der Waals surface area contributed by atoms with E-state index in [-0.39, 0.29) is 6.61 Å². The molecule has 1 N–H and O–H groups in total. The topological polar surface area (TPSA) is 43.4 Å². The molecule has 1 heterocycles. The molecule has 0 aromatic heterocycles. The first-order valence-electron chi connectivity index (χ1n) is 5.28. The molecule has 3 heteroatoms. The van der Waals surface area contributed by atoms with Crippen molar-refractivity contribution in [2.75, 3.05) is 32.8 Å². The quantitative estimate of drug-likeness (QED) is 0.693. The molecule has 1 rings (SSSR count). The molecule has 0 saturated carbocycles. The largest absolute Gasteiger partial charge is 0.396 e. The lowest BCUT2D eigenvalue weighted by Gasteiger charge is -2.31. The van der Waals surface area contributed by atoms with Gasteiger partial charge in [-0.25, -0.2) is 5.11 Å². The van der Waals surface area contributed by atoms with E-state index < -0.39 is 0 Å². The van der Waals surface area contributed by atoms with Crippen LogP contribution in [0, 0.1) is 5.92 Å². The summed E-state index contributed by atoms with van der Waals surface area (Å²) in [6.45, 7) is 3.58. The molecule has 1 fully saturated rings. The van der Waals surface area contributed by atoms with E-state index in [9.17, 15) is 5.11 Å². The summed E-state index contributed by atoms with van der Waals surface area (Å²) in [4.78, 5) is 2.37. The molecular formula is C10H20NO2. The van der Waals surface area contributed by atoms with Gasteiger partial charge in [-0.15, -0.1) is 0 Å². The molecule has 0 unspecified atom stereocenters. The van der Waals surface area contributed by atoms with Gasteiger partial charge in [0, 0.05) is 13.2 Å². The molecule has 0 aliphatic carbocycles. The molecule has 0 amide bonds. The number of piperidine rings is 1. The minimum atomic E-state index is 0.0522. The monoisotopic (exact) mass is 186 g/mol. The summed E-state index contributed by atoms with van der Waals surface area (Å²) in [6, 6.07) is 0. The zero-order valence-corrected chi connectivity index (χ0v) is 8.24. The summed E-state index contributed by atoms with van der Waals surface area (Å²) in [5.74, 6) is 0.716. The Hall–Kier alpha value is -0.120. The number of hydrogen-bond acceptors (Lipinski definition) is 2. The molecule has 0 atom stereocenters. The van der Waals surface area contributed by atoms with E-state index >= 15 is 0 Å². The van der Waals surface area contributed by atoms with Crippen molar-refractivity contribution >= 4 is 0 Å². The molecule has 0 spiro atoms. The first-order valence-corrected chi connectivity index (χ1v) is 5.28. The van der Waals surface area contributed by atoms with Gasteiger partial charge in [0.2, 0.25) is 0 Å². The SMILES string of the molecule is [O]CCCN1CCC(CCO)CC1. The van der Waals surface area contributed by atoms with E-state index in [1.807, 2.05) is 0 Å². The van der Waals surface area contributed by atoms with Crippen molar-refractivity contribution in [1.29, 1.82) is 0 Å². The molecule has 1 radical (unpaired) electrons. The van der Waals surface area contributed by atoms with E-state index in [0.717, 1.165) is 32.5 Å². The zero-order chi connectivity index (χ0) is 9.52. The van der Waals surface area contributed by atoms with Crippen molar-refractivity contribution in [3.63, 3.8) is 0 Å². The summed E-state index contributed by atoms with van der Waals surface area (Å²) in [5.41, 5.74) is 0. The molecule has 1 saturated heterocycles. The predicted molar refractivity (Wildman–Crippen MR) is 51.0 cm³/mol. The maximum absolute atomic E-state index is 10.3. The maximum Gasteiger partial charge on any atom is 0.0834 e. The lowest BCUT2D eigenvalue weighted by molar-refractivity contribution is 0.132. The van der Waals surface area contributed by atoms with E-state index in [1.165, 1.54) is 12.8 Å². The molecule has 0 aromatic carbocycles. The first-order chi connectivity index (χ1) is 6.36. The van der Waals surface area contributed by atoms with Gasteiger partial charge in [-0.05, 0) is 44.7 Å². The molecule has 77 valence electrons. The van der Waals surface area contributed by atoms with Crippen molar-refractivity contribution in [3.05, 3.63) is 0 Å². The van der Waals surface area contributed by atoms with Crippen molar-refractivity contribution in [2.24, 2.45) is 5.92 Å². The van der Waals surface area contributed by atoms with Crippen LogP contribution in [0.4, 0.5) is 0 Å². The second kappa shape index (κ2) is 6.35. The molecule has 1 aliphatic heterocycles. The summed E-state index contributed by atoms with van der Waals surface area (Å²) in [5, 5.41) is 19.1. The Labute approximate surface area is 80.4 Å². The molecule has 13 heavy (non-hydrogen) atoms. The third-order valence-corrected chi connectivity index (χ3v) is 2.86. The maximum atomic E-state index is 10.3. The Balaban J connectivity index is 2.08. The van der Waals surface area contributed by atoms with Gasteiger partial charge in [-0.2, -0.15) is 0 Å². The van der Waals surface area contributed by atoms with Crippen molar-refractivity contribution in [3.8, 4) is 0 Å². The second-order valence-electron chi connectivity index (χ2n) is 3.85. The number of nitrogens with zero attached hydrogens (tertiary/aromatic N) is 1. The van der Waals surface area contributed by atoms with Crippen LogP contribution < -0.4 is 0 Å². The van der Waals surface area contributed by atoms with Crippen LogP contribution in [0.1, 0.15) is 25.7 Å². The lowest BCUT2D eigenvalue weighted by Crippen LogP contribution is -2.34. The van der Waals surface area contributed by atoms with Crippen molar-refractivity contribution < 1.29 is 10.2 Å². The number of rotatable bonds is 5. The average Bonchev–Trinajstić information content (AvgIpc) is 2.17. The highest BCUT2D eigenvalue weighted by molar-refractivity contribution is 4.71. The summed E-state index contributed by atoms with van der Waals surface area (Å²) in [6.07, 6.45) is 4.12. The third kappa shape index (κ3) is 4.07. The number of aliphatic hydroxyl groups is 1. The van der Waals surface area contributed by atoms with E-state index in [2.05, 4.69) is 4.90 Å². The van der Waals surface area contributed by atoms with E-state index in [1.54, 1.807) is 0 Å². The van der Waals surface area contributed by atoms with Crippen LogP contribution in [0.2, 0.25) is 0 Å². The zero-order valence-electron chi connectivity index (χ0n) is 8.24. The lowest BCUT2D eigenvalue weighted by atomic mass is 9.94. The van der Waals surface area contributed by atoms with Gasteiger partial charge < -0.3 is 10.0 Å². The number of hydrogen-bond donors (Lipinski definition) is 1. The molecule has 0 bridgehead atoms.